The molecule has 138 valence electrons. The molecule has 0 spiro atoms. The quantitative estimate of drug-likeness (QED) is 0.858. The molecule has 2 amide bonds. The molecule has 1 aromatic carbocycles. The predicted octanol–water partition coefficient (Wildman–Crippen LogP) is 2.20. The molecule has 1 unspecified atom stereocenters. The van der Waals surface area contributed by atoms with Crippen LogP contribution in [0, 0.1) is 6.92 Å². The molecule has 2 aromatic rings. The SMILES string of the molecule is Cc1cc(NC(=O)C(C)N2CCC(NC(=O)c3ccccc3)CC2)on1. The summed E-state index contributed by atoms with van der Waals surface area (Å²) >= 11 is 0. The lowest BCUT2D eigenvalue weighted by Crippen LogP contribution is -2.50. The third-order valence-electron chi connectivity index (χ3n) is 4.70. The van der Waals surface area contributed by atoms with Crippen LogP contribution in [0.3, 0.4) is 0 Å². The highest BCUT2D eigenvalue weighted by molar-refractivity contribution is 5.94. The summed E-state index contributed by atoms with van der Waals surface area (Å²) in [6, 6.07) is 10.8. The van der Waals surface area contributed by atoms with Crippen LogP contribution in [0.1, 0.15) is 35.8 Å². The smallest absolute Gasteiger partial charge is 0.251 e. The Balaban J connectivity index is 1.47. The number of aromatic nitrogens is 1. The normalized spacial score (nSPS) is 16.8. The molecule has 0 radical (unpaired) electrons. The molecule has 26 heavy (non-hydrogen) atoms. The van der Waals surface area contributed by atoms with Gasteiger partial charge in [-0.15, -0.1) is 0 Å². The highest BCUT2D eigenvalue weighted by atomic mass is 16.5. The molecule has 1 aliphatic heterocycles. The number of benzene rings is 1. The molecule has 1 fully saturated rings. The molecule has 1 saturated heterocycles. The first kappa shape index (κ1) is 18.1. The number of aryl methyl sites for hydroxylation is 1. The molecule has 7 heteroatoms. The van der Waals surface area contributed by atoms with Crippen LogP contribution < -0.4 is 10.6 Å². The van der Waals surface area contributed by atoms with Crippen LogP contribution in [-0.2, 0) is 4.79 Å². The third kappa shape index (κ3) is 4.49. The van der Waals surface area contributed by atoms with Crippen molar-refractivity contribution in [3.63, 3.8) is 0 Å². The minimum Gasteiger partial charge on any atom is -0.349 e. The monoisotopic (exact) mass is 356 g/mol. The number of likely N-dealkylation sites (tertiary alicyclic amines) is 1. The minimum absolute atomic E-state index is 0.0458. The van der Waals surface area contributed by atoms with Gasteiger partial charge in [0.25, 0.3) is 5.91 Å². The molecule has 1 aromatic heterocycles. The maximum absolute atomic E-state index is 12.4. The van der Waals surface area contributed by atoms with Crippen molar-refractivity contribution in [2.75, 3.05) is 18.4 Å². The van der Waals surface area contributed by atoms with E-state index < -0.39 is 0 Å². The van der Waals surface area contributed by atoms with Crippen LogP contribution in [0.5, 0.6) is 0 Å². The number of nitrogens with one attached hydrogen (secondary N) is 2. The fourth-order valence-electron chi connectivity index (χ4n) is 3.10. The third-order valence-corrected chi connectivity index (χ3v) is 4.70. The van der Waals surface area contributed by atoms with Gasteiger partial charge in [0, 0.05) is 30.8 Å². The Hall–Kier alpha value is -2.67. The van der Waals surface area contributed by atoms with Gasteiger partial charge in [-0.05, 0) is 38.8 Å². The van der Waals surface area contributed by atoms with Gasteiger partial charge in [-0.2, -0.15) is 0 Å². The highest BCUT2D eigenvalue weighted by Gasteiger charge is 2.28. The molecular formula is C19H24N4O3. The van der Waals surface area contributed by atoms with E-state index in [9.17, 15) is 9.59 Å². The van der Waals surface area contributed by atoms with Crippen LogP contribution in [0.2, 0.25) is 0 Å². The average Bonchev–Trinajstić information content (AvgIpc) is 3.07. The second kappa shape index (κ2) is 8.14. The van der Waals surface area contributed by atoms with Gasteiger partial charge in [-0.3, -0.25) is 19.8 Å². The second-order valence-corrected chi connectivity index (χ2v) is 6.65. The number of carbonyl (C=O) groups excluding carboxylic acids is 2. The van der Waals surface area contributed by atoms with E-state index in [0.717, 1.165) is 31.6 Å². The molecule has 3 rings (SSSR count). The van der Waals surface area contributed by atoms with E-state index in [0.29, 0.717) is 11.4 Å². The number of rotatable bonds is 5. The Labute approximate surface area is 152 Å². The zero-order valence-electron chi connectivity index (χ0n) is 15.1. The zero-order valence-corrected chi connectivity index (χ0v) is 15.1. The highest BCUT2D eigenvalue weighted by Crippen LogP contribution is 2.16. The number of nitrogens with zero attached hydrogens (tertiary/aromatic N) is 2. The van der Waals surface area contributed by atoms with Crippen LogP contribution in [-0.4, -0.2) is 47.0 Å². The molecule has 1 aliphatic rings. The van der Waals surface area contributed by atoms with Crippen molar-refractivity contribution >= 4 is 17.7 Å². The molecule has 0 aliphatic carbocycles. The maximum Gasteiger partial charge on any atom is 0.251 e. The first-order valence-corrected chi connectivity index (χ1v) is 8.87. The van der Waals surface area contributed by atoms with Crippen molar-refractivity contribution in [2.45, 2.75) is 38.8 Å². The minimum atomic E-state index is -0.272. The van der Waals surface area contributed by atoms with Gasteiger partial charge in [-0.1, -0.05) is 23.4 Å². The van der Waals surface area contributed by atoms with E-state index in [2.05, 4.69) is 20.7 Å². The van der Waals surface area contributed by atoms with E-state index >= 15 is 0 Å². The van der Waals surface area contributed by atoms with E-state index in [1.165, 1.54) is 0 Å². The second-order valence-electron chi connectivity index (χ2n) is 6.65. The fourth-order valence-corrected chi connectivity index (χ4v) is 3.10. The average molecular weight is 356 g/mol. The summed E-state index contributed by atoms with van der Waals surface area (Å²) in [6.07, 6.45) is 1.63. The van der Waals surface area contributed by atoms with Crippen LogP contribution >= 0.6 is 0 Å². The number of carbonyl (C=O) groups is 2. The Morgan fingerprint density at radius 1 is 1.23 bits per heavy atom. The molecular weight excluding hydrogens is 332 g/mol. The lowest BCUT2D eigenvalue weighted by Gasteiger charge is -2.35. The van der Waals surface area contributed by atoms with Gasteiger partial charge in [0.15, 0.2) is 0 Å². The largest absolute Gasteiger partial charge is 0.349 e. The van der Waals surface area contributed by atoms with Crippen molar-refractivity contribution in [2.24, 2.45) is 0 Å². The van der Waals surface area contributed by atoms with Crippen molar-refractivity contribution in [1.29, 1.82) is 0 Å². The number of hydrogen-bond acceptors (Lipinski definition) is 5. The Morgan fingerprint density at radius 3 is 2.54 bits per heavy atom. The zero-order chi connectivity index (χ0) is 18.5. The molecule has 0 saturated carbocycles. The van der Waals surface area contributed by atoms with Gasteiger partial charge in [-0.25, -0.2) is 0 Å². The topological polar surface area (TPSA) is 87.5 Å². The molecule has 0 bridgehead atoms. The van der Waals surface area contributed by atoms with Gasteiger partial charge >= 0.3 is 0 Å². The van der Waals surface area contributed by atoms with Gasteiger partial charge in [0.05, 0.1) is 11.7 Å². The number of hydrogen-bond donors (Lipinski definition) is 2. The molecule has 1 atom stereocenters. The Kier molecular flexibility index (Phi) is 5.68. The van der Waals surface area contributed by atoms with Gasteiger partial charge in [0.1, 0.15) is 0 Å². The summed E-state index contributed by atoms with van der Waals surface area (Å²) in [5, 5.41) is 9.58. The van der Waals surface area contributed by atoms with Crippen molar-refractivity contribution in [1.82, 2.24) is 15.4 Å². The Morgan fingerprint density at radius 2 is 1.92 bits per heavy atom. The summed E-state index contributed by atoms with van der Waals surface area (Å²) in [5.41, 5.74) is 1.40. The molecule has 7 nitrogen and oxygen atoms in total. The number of piperidine rings is 1. The lowest BCUT2D eigenvalue weighted by atomic mass is 10.0. The van der Waals surface area contributed by atoms with E-state index in [1.807, 2.05) is 37.3 Å². The first-order valence-electron chi connectivity index (χ1n) is 8.87. The first-order chi connectivity index (χ1) is 12.5. The van der Waals surface area contributed by atoms with Crippen molar-refractivity contribution < 1.29 is 14.1 Å². The Bertz CT molecular complexity index is 751. The van der Waals surface area contributed by atoms with Crippen molar-refractivity contribution in [3.8, 4) is 0 Å². The predicted molar refractivity (Wildman–Crippen MR) is 97.8 cm³/mol. The van der Waals surface area contributed by atoms with Gasteiger partial charge < -0.3 is 9.84 Å². The standard InChI is InChI=1S/C19H24N4O3/c1-13-12-17(26-22-13)21-18(24)14(2)23-10-8-16(9-11-23)20-19(25)15-6-4-3-5-7-15/h3-7,12,14,16H,8-11H2,1-2H3,(H,20,25)(H,21,24). The fraction of sp³-hybridized carbons (Fsp3) is 0.421. The number of anilines is 1. The summed E-state index contributed by atoms with van der Waals surface area (Å²) in [4.78, 5) is 26.7. The number of amides is 2. The van der Waals surface area contributed by atoms with Crippen LogP contribution in [0.15, 0.2) is 40.9 Å². The molecule has 2 N–H and O–H groups in total. The van der Waals surface area contributed by atoms with E-state index in [-0.39, 0.29) is 23.9 Å². The van der Waals surface area contributed by atoms with Crippen molar-refractivity contribution in [3.05, 3.63) is 47.7 Å². The van der Waals surface area contributed by atoms with E-state index in [1.54, 1.807) is 13.0 Å². The van der Waals surface area contributed by atoms with Gasteiger partial charge in [0.2, 0.25) is 11.8 Å². The van der Waals surface area contributed by atoms with E-state index in [4.69, 9.17) is 4.52 Å². The maximum atomic E-state index is 12.4. The summed E-state index contributed by atoms with van der Waals surface area (Å²) < 4.78 is 5.03. The van der Waals surface area contributed by atoms with Crippen LogP contribution in [0.25, 0.3) is 0 Å². The summed E-state index contributed by atoms with van der Waals surface area (Å²) in [6.45, 7) is 5.19. The summed E-state index contributed by atoms with van der Waals surface area (Å²) in [5.74, 6) is 0.202. The lowest BCUT2D eigenvalue weighted by molar-refractivity contribution is -0.121. The van der Waals surface area contributed by atoms with Crippen LogP contribution in [0.4, 0.5) is 5.88 Å². The summed E-state index contributed by atoms with van der Waals surface area (Å²) in [7, 11) is 0. The molecule has 2 heterocycles.